The summed E-state index contributed by atoms with van der Waals surface area (Å²) in [5.41, 5.74) is 10.9. The molecule has 3 fully saturated rings. The van der Waals surface area contributed by atoms with Crippen molar-refractivity contribution < 1.29 is 63.0 Å². The van der Waals surface area contributed by atoms with E-state index in [9.17, 15) is 63.0 Å². The quantitative estimate of drug-likeness (QED) is 0.0411. The molecule has 25 heteroatoms. The van der Waals surface area contributed by atoms with E-state index >= 15 is 0 Å². The highest BCUT2D eigenvalue weighted by Crippen LogP contribution is 2.25. The van der Waals surface area contributed by atoms with E-state index < -0.39 is 134 Å². The molecule has 7 atom stereocenters. The van der Waals surface area contributed by atoms with Gasteiger partial charge in [-0.1, -0.05) is 13.8 Å². The Labute approximate surface area is 381 Å². The molecule has 3 heterocycles. The first kappa shape index (κ1) is 53.8. The van der Waals surface area contributed by atoms with Crippen molar-refractivity contribution in [2.24, 2.45) is 17.4 Å². The lowest BCUT2D eigenvalue weighted by atomic mass is 10.0. The van der Waals surface area contributed by atoms with Crippen molar-refractivity contribution in [1.82, 2.24) is 46.6 Å². The van der Waals surface area contributed by atoms with E-state index in [1.165, 1.54) is 26.5 Å². The molecule has 0 aromatic heterocycles. The van der Waals surface area contributed by atoms with Crippen LogP contribution in [0.15, 0.2) is 0 Å². The van der Waals surface area contributed by atoms with Gasteiger partial charge in [0.15, 0.2) is 0 Å². The molecule has 3 aliphatic rings. The minimum Gasteiger partial charge on any atom is -0.480 e. The van der Waals surface area contributed by atoms with E-state index in [0.29, 0.717) is 31.4 Å². The minimum atomic E-state index is -1.55. The fourth-order valence-electron chi connectivity index (χ4n) is 7.83. The number of amides is 10. The van der Waals surface area contributed by atoms with Crippen molar-refractivity contribution in [2.75, 3.05) is 57.9 Å². The van der Waals surface area contributed by atoms with Gasteiger partial charge in [-0.2, -0.15) is 11.8 Å². The van der Waals surface area contributed by atoms with Gasteiger partial charge in [-0.25, -0.2) is 4.79 Å². The fraction of sp³-hybridized carbons (Fsp3) is 0.725. The number of primary amides is 1. The summed E-state index contributed by atoms with van der Waals surface area (Å²) in [4.78, 5) is 145. The lowest BCUT2D eigenvalue weighted by Gasteiger charge is -2.32. The number of rotatable bonds is 25. The predicted octanol–water partition coefficient (Wildman–Crippen LogP) is -4.77. The summed E-state index contributed by atoms with van der Waals surface area (Å²) in [6, 6.07) is -7.78. The highest BCUT2D eigenvalue weighted by atomic mass is 32.2. The van der Waals surface area contributed by atoms with Crippen molar-refractivity contribution in [2.45, 2.75) is 120 Å². The zero-order valence-corrected chi connectivity index (χ0v) is 38.0. The summed E-state index contributed by atoms with van der Waals surface area (Å²) in [5.74, 6) is -7.62. The third-order valence-electron chi connectivity index (χ3n) is 11.3. The molecule has 24 nitrogen and oxygen atoms in total. The van der Waals surface area contributed by atoms with Crippen molar-refractivity contribution in [3.05, 3.63) is 0 Å². The summed E-state index contributed by atoms with van der Waals surface area (Å²) in [5, 5.41) is 34.1. The molecule has 0 spiro atoms. The van der Waals surface area contributed by atoms with Crippen molar-refractivity contribution >= 4 is 76.8 Å². The number of carboxylic acid groups (broad SMARTS) is 1. The average Bonchev–Trinajstić information content (AvgIpc) is 4.07. The number of nitrogens with zero attached hydrogens (tertiary/aromatic N) is 3. The summed E-state index contributed by atoms with van der Waals surface area (Å²) in [6.07, 6.45) is 4.30. The monoisotopic (exact) mass is 939 g/mol. The zero-order valence-electron chi connectivity index (χ0n) is 37.1. The minimum absolute atomic E-state index is 0.00330. The van der Waals surface area contributed by atoms with E-state index in [1.807, 2.05) is 13.8 Å². The molecule has 65 heavy (non-hydrogen) atoms. The van der Waals surface area contributed by atoms with Crippen LogP contribution in [0.25, 0.3) is 0 Å². The summed E-state index contributed by atoms with van der Waals surface area (Å²) in [7, 11) is 0. The number of hydrogen-bond acceptors (Lipinski definition) is 14. The molecule has 0 aliphatic carbocycles. The van der Waals surface area contributed by atoms with Crippen LogP contribution < -0.4 is 43.4 Å². The Hall–Kier alpha value is -5.56. The SMILES string of the molecule is CSCC[C@H](NC(=O)[C@H](CO)NC(=O)CNC(=O)[C@H](CC(C)C)NC(=O)[C@@H]1CCCN1C(=O)[C@@H]1CCCN1C(=O)CNC(=O)[C@@H](N)CCC(N)=O)C(=O)NCC(=O)N1CCC[C@H]1C(=O)O. The molecule has 3 rings (SSSR count). The lowest BCUT2D eigenvalue weighted by Crippen LogP contribution is -2.58. The molecule has 0 aromatic carbocycles. The molecule has 10 amide bonds. The maximum absolute atomic E-state index is 13.9. The van der Waals surface area contributed by atoms with Gasteiger partial charge in [-0.15, -0.1) is 0 Å². The second kappa shape index (κ2) is 26.4. The van der Waals surface area contributed by atoms with Crippen molar-refractivity contribution in [3.63, 3.8) is 0 Å². The number of thioether (sulfide) groups is 1. The molecule has 364 valence electrons. The van der Waals surface area contributed by atoms with E-state index in [0.717, 1.165) is 0 Å². The van der Waals surface area contributed by atoms with Crippen LogP contribution in [-0.4, -0.2) is 190 Å². The molecule has 3 aliphatic heterocycles. The van der Waals surface area contributed by atoms with Gasteiger partial charge in [0.05, 0.1) is 32.3 Å². The molecule has 0 aromatic rings. The second-order valence-corrected chi connectivity index (χ2v) is 17.6. The van der Waals surface area contributed by atoms with Gasteiger partial charge in [0.2, 0.25) is 59.1 Å². The standard InChI is InChI=1S/C40H65N11O13S/c1-22(2)17-25(48-38(61)27-7-4-15-51(27)39(62)28-8-5-13-49(28)32(55)19-44-34(57)23(41)10-11-30(42)53)36(59)43-18-31(54)46-26(21-52)37(60)47-24(12-16-65-3)35(58)45-20-33(56)50-14-6-9-29(50)40(63)64/h22-29,52H,4-21,41H2,1-3H3,(H2,42,53)(H,43,59)(H,44,57)(H,45,58)(H,46,54)(H,47,60)(H,48,61)(H,63,64)/t23-,24-,25-,26-,27-,28-,29-/m0/s1. The molecular weight excluding hydrogens is 875 g/mol. The maximum atomic E-state index is 13.9. The number of nitrogens with one attached hydrogen (secondary N) is 6. The van der Waals surface area contributed by atoms with Gasteiger partial charge < -0.3 is 68.3 Å². The molecule has 0 saturated carbocycles. The lowest BCUT2D eigenvalue weighted by molar-refractivity contribution is -0.148. The number of carbonyl (C=O) groups excluding carboxylic acids is 10. The van der Waals surface area contributed by atoms with Crippen LogP contribution in [0.4, 0.5) is 0 Å². The Balaban J connectivity index is 1.55. The van der Waals surface area contributed by atoms with Crippen LogP contribution in [0.3, 0.4) is 0 Å². The Kier molecular flexibility index (Phi) is 21.9. The third kappa shape index (κ3) is 16.4. The van der Waals surface area contributed by atoms with Crippen LogP contribution in [0.2, 0.25) is 0 Å². The first-order valence-corrected chi connectivity index (χ1v) is 23.2. The Bertz CT molecular complexity index is 1770. The number of hydrogen-bond donors (Lipinski definition) is 10. The van der Waals surface area contributed by atoms with Gasteiger partial charge in [-0.05, 0) is 75.7 Å². The van der Waals surface area contributed by atoms with Crippen LogP contribution >= 0.6 is 11.8 Å². The Morgan fingerprint density at radius 2 is 1.20 bits per heavy atom. The van der Waals surface area contributed by atoms with Gasteiger partial charge in [0.1, 0.15) is 36.3 Å². The molecular formula is C40H65N11O13S. The number of aliphatic carboxylic acids is 1. The largest absolute Gasteiger partial charge is 0.480 e. The van der Waals surface area contributed by atoms with E-state index in [1.54, 1.807) is 6.26 Å². The second-order valence-electron chi connectivity index (χ2n) is 16.6. The van der Waals surface area contributed by atoms with Crippen molar-refractivity contribution in [3.8, 4) is 0 Å². The number of carbonyl (C=O) groups is 11. The van der Waals surface area contributed by atoms with Crippen LogP contribution in [0.1, 0.15) is 78.1 Å². The molecule has 0 unspecified atom stereocenters. The highest BCUT2D eigenvalue weighted by Gasteiger charge is 2.43. The fourth-order valence-corrected chi connectivity index (χ4v) is 8.30. The predicted molar refractivity (Wildman–Crippen MR) is 233 cm³/mol. The van der Waals surface area contributed by atoms with Crippen LogP contribution in [0.5, 0.6) is 0 Å². The van der Waals surface area contributed by atoms with E-state index in [4.69, 9.17) is 11.5 Å². The topological polar surface area (TPSA) is 362 Å². The van der Waals surface area contributed by atoms with E-state index in [-0.39, 0.29) is 64.1 Å². The zero-order chi connectivity index (χ0) is 48.4. The molecule has 0 bridgehead atoms. The van der Waals surface area contributed by atoms with Crippen LogP contribution in [-0.2, 0) is 52.7 Å². The maximum Gasteiger partial charge on any atom is 0.326 e. The van der Waals surface area contributed by atoms with Gasteiger partial charge in [0.25, 0.3) is 0 Å². The van der Waals surface area contributed by atoms with E-state index in [2.05, 4.69) is 31.9 Å². The summed E-state index contributed by atoms with van der Waals surface area (Å²) < 4.78 is 0. The first-order chi connectivity index (χ1) is 30.8. The number of carboxylic acids is 1. The third-order valence-corrected chi connectivity index (χ3v) is 11.9. The molecule has 12 N–H and O–H groups in total. The van der Waals surface area contributed by atoms with Gasteiger partial charge in [0, 0.05) is 26.1 Å². The molecule has 3 saturated heterocycles. The average molecular weight is 940 g/mol. The molecule has 0 radical (unpaired) electrons. The van der Waals surface area contributed by atoms with Crippen molar-refractivity contribution in [1.29, 1.82) is 0 Å². The number of likely N-dealkylation sites (tertiary alicyclic amines) is 3. The van der Waals surface area contributed by atoms with Gasteiger partial charge in [-0.3, -0.25) is 47.9 Å². The number of aliphatic hydroxyl groups excluding tert-OH is 1. The Morgan fingerprint density at radius 1 is 0.662 bits per heavy atom. The smallest absolute Gasteiger partial charge is 0.326 e. The number of aliphatic hydroxyl groups is 1. The highest BCUT2D eigenvalue weighted by molar-refractivity contribution is 7.98. The van der Waals surface area contributed by atoms with Gasteiger partial charge >= 0.3 is 5.97 Å². The summed E-state index contributed by atoms with van der Waals surface area (Å²) in [6.45, 7) is 1.82. The number of nitrogens with two attached hydrogens (primary N) is 2. The Morgan fingerprint density at radius 3 is 1.77 bits per heavy atom. The van der Waals surface area contributed by atoms with Crippen LogP contribution in [0, 0.1) is 5.92 Å². The summed E-state index contributed by atoms with van der Waals surface area (Å²) >= 11 is 1.37. The normalized spacial score (nSPS) is 20.0. The first-order valence-electron chi connectivity index (χ1n) is 21.8.